The van der Waals surface area contributed by atoms with Crippen molar-refractivity contribution >= 4 is 39.5 Å². The van der Waals surface area contributed by atoms with E-state index in [1.165, 1.54) is 193 Å². The van der Waals surface area contributed by atoms with Crippen LogP contribution in [0.4, 0.5) is 0 Å². The molecular weight excluding hydrogens is 1190 g/mol. The first-order chi connectivity index (χ1) is 43.5. The van der Waals surface area contributed by atoms with Gasteiger partial charge < -0.3 is 33.8 Å². The molecule has 0 saturated carbocycles. The molecule has 19 heteroatoms. The number of ether oxygens (including phenoxy) is 4. The monoisotopic (exact) mass is 1320 g/mol. The lowest BCUT2D eigenvalue weighted by atomic mass is 10.0. The number of phosphoric acid groups is 2. The van der Waals surface area contributed by atoms with Crippen LogP contribution in [-0.4, -0.2) is 96.7 Å². The highest BCUT2D eigenvalue weighted by molar-refractivity contribution is 7.47. The summed E-state index contributed by atoms with van der Waals surface area (Å²) in [4.78, 5) is 72.4. The predicted octanol–water partition coefficient (Wildman–Crippen LogP) is 20.5. The molecule has 2 unspecified atom stereocenters. The van der Waals surface area contributed by atoms with Crippen LogP contribution in [-0.2, 0) is 65.4 Å². The molecule has 0 saturated heterocycles. The molecule has 0 bridgehead atoms. The molecule has 0 aliphatic heterocycles. The smallest absolute Gasteiger partial charge is 0.462 e. The van der Waals surface area contributed by atoms with Crippen LogP contribution in [0.25, 0.3) is 0 Å². The molecule has 0 aromatic carbocycles. The number of rotatable bonds is 71. The van der Waals surface area contributed by atoms with Crippen molar-refractivity contribution < 1.29 is 80.2 Å². The van der Waals surface area contributed by atoms with E-state index in [1.807, 2.05) is 0 Å². The zero-order chi connectivity index (χ0) is 66.3. The van der Waals surface area contributed by atoms with E-state index in [2.05, 4.69) is 34.6 Å². The Kier molecular flexibility index (Phi) is 63.0. The van der Waals surface area contributed by atoms with Gasteiger partial charge >= 0.3 is 39.5 Å². The summed E-state index contributed by atoms with van der Waals surface area (Å²) in [6.45, 7) is 7.25. The zero-order valence-corrected chi connectivity index (χ0v) is 60.1. The molecule has 0 amide bonds. The number of carbonyl (C=O) groups excluding carboxylic acids is 4. The van der Waals surface area contributed by atoms with E-state index in [1.54, 1.807) is 0 Å². The number of carbonyl (C=O) groups is 4. The van der Waals surface area contributed by atoms with Crippen molar-refractivity contribution in [2.45, 2.75) is 387 Å². The molecule has 5 atom stereocenters. The van der Waals surface area contributed by atoms with Gasteiger partial charge in [0.1, 0.15) is 19.3 Å². The quantitative estimate of drug-likeness (QED) is 0.0222. The van der Waals surface area contributed by atoms with Gasteiger partial charge in [-0.1, -0.05) is 317 Å². The number of aliphatic hydroxyl groups is 1. The molecular formula is C71H138O17P2. The van der Waals surface area contributed by atoms with Crippen LogP contribution in [0, 0.1) is 5.92 Å². The second kappa shape index (κ2) is 64.4. The highest BCUT2D eigenvalue weighted by atomic mass is 31.2. The van der Waals surface area contributed by atoms with Crippen LogP contribution in [0.5, 0.6) is 0 Å². The minimum absolute atomic E-state index is 0.106. The van der Waals surface area contributed by atoms with Crippen molar-refractivity contribution in [3.05, 3.63) is 0 Å². The molecule has 0 fully saturated rings. The molecule has 0 spiro atoms. The number of aliphatic hydroxyl groups excluding tert-OH is 1. The van der Waals surface area contributed by atoms with Gasteiger partial charge in [0, 0.05) is 25.7 Å². The summed E-state index contributed by atoms with van der Waals surface area (Å²) in [5.41, 5.74) is 0. The van der Waals surface area contributed by atoms with Crippen molar-refractivity contribution in [2.24, 2.45) is 5.92 Å². The Balaban J connectivity index is 5.14. The molecule has 0 aromatic heterocycles. The molecule has 0 heterocycles. The maximum absolute atomic E-state index is 13.0. The molecule has 0 radical (unpaired) electrons. The van der Waals surface area contributed by atoms with Crippen LogP contribution in [0.15, 0.2) is 0 Å². The Morgan fingerprint density at radius 1 is 0.300 bits per heavy atom. The molecule has 0 aromatic rings. The third kappa shape index (κ3) is 64.8. The zero-order valence-electron chi connectivity index (χ0n) is 58.3. The van der Waals surface area contributed by atoms with E-state index in [9.17, 15) is 43.2 Å². The highest BCUT2D eigenvalue weighted by Crippen LogP contribution is 2.45. The fourth-order valence-electron chi connectivity index (χ4n) is 10.8. The summed E-state index contributed by atoms with van der Waals surface area (Å²) >= 11 is 0. The van der Waals surface area contributed by atoms with Crippen molar-refractivity contribution in [2.75, 3.05) is 39.6 Å². The topological polar surface area (TPSA) is 237 Å². The lowest BCUT2D eigenvalue weighted by molar-refractivity contribution is -0.161. The van der Waals surface area contributed by atoms with E-state index >= 15 is 0 Å². The SMILES string of the molecule is CCCCCCCCCCCCCC(=O)OC[C@H](COP(=O)(O)OC[C@@H](O)COP(=O)(O)OC[C@@H](COC(=O)CCCCCCCCCCC)OC(=O)CCCCCCCCCCC)OC(=O)CCCCCCCCCCCCCCCCCCCCC(C)C. The maximum atomic E-state index is 13.0. The average Bonchev–Trinajstić information content (AvgIpc) is 3.63. The van der Waals surface area contributed by atoms with Crippen molar-refractivity contribution in [3.63, 3.8) is 0 Å². The molecule has 534 valence electrons. The van der Waals surface area contributed by atoms with Gasteiger partial charge in [-0.2, -0.15) is 0 Å². The van der Waals surface area contributed by atoms with E-state index in [0.29, 0.717) is 25.7 Å². The van der Waals surface area contributed by atoms with Crippen molar-refractivity contribution in [1.82, 2.24) is 0 Å². The second-order valence-corrected chi connectivity index (χ2v) is 29.0. The van der Waals surface area contributed by atoms with Crippen LogP contribution < -0.4 is 0 Å². The Bertz CT molecular complexity index is 1740. The van der Waals surface area contributed by atoms with Crippen LogP contribution in [0.1, 0.15) is 369 Å². The van der Waals surface area contributed by atoms with Gasteiger partial charge in [-0.15, -0.1) is 0 Å². The summed E-state index contributed by atoms with van der Waals surface area (Å²) in [6, 6.07) is 0. The lowest BCUT2D eigenvalue weighted by Crippen LogP contribution is -2.30. The van der Waals surface area contributed by atoms with Gasteiger partial charge in [0.25, 0.3) is 0 Å². The Morgan fingerprint density at radius 3 is 0.756 bits per heavy atom. The Morgan fingerprint density at radius 2 is 0.511 bits per heavy atom. The Labute approximate surface area is 549 Å². The lowest BCUT2D eigenvalue weighted by Gasteiger charge is -2.21. The van der Waals surface area contributed by atoms with Crippen molar-refractivity contribution in [3.8, 4) is 0 Å². The molecule has 3 N–H and O–H groups in total. The van der Waals surface area contributed by atoms with Gasteiger partial charge in [0.2, 0.25) is 0 Å². The minimum atomic E-state index is -4.95. The predicted molar refractivity (Wildman–Crippen MR) is 363 cm³/mol. The van der Waals surface area contributed by atoms with Crippen molar-refractivity contribution in [1.29, 1.82) is 0 Å². The largest absolute Gasteiger partial charge is 0.472 e. The van der Waals surface area contributed by atoms with Gasteiger partial charge in [-0.05, 0) is 31.6 Å². The fraction of sp³-hybridized carbons (Fsp3) is 0.944. The second-order valence-electron chi connectivity index (χ2n) is 26.1. The normalized spacial score (nSPS) is 14.1. The standard InChI is InChI=1S/C71H138O17P2/c1-6-9-12-15-18-21-30-36-40-45-50-55-69(74)82-61-67(88-71(76)57-52-47-42-37-32-29-27-25-23-22-24-26-28-31-35-38-43-48-53-64(4)5)63-86-90(79,80)84-59-65(72)58-83-89(77,78)85-62-66(87-70(75)56-51-46-41-34-20-17-14-11-8-3)60-81-68(73)54-49-44-39-33-19-16-13-10-7-2/h64-67,72H,6-63H2,1-5H3,(H,77,78)(H,79,80)/t65-,66+,67+/m0/s1. The molecule has 17 nitrogen and oxygen atoms in total. The van der Waals surface area contributed by atoms with Gasteiger partial charge in [-0.3, -0.25) is 37.3 Å². The number of phosphoric ester groups is 2. The van der Waals surface area contributed by atoms with E-state index in [4.69, 9.17) is 37.0 Å². The molecule has 0 rings (SSSR count). The first-order valence-corrected chi connectivity index (χ1v) is 40.1. The van der Waals surface area contributed by atoms with Crippen LogP contribution in [0.3, 0.4) is 0 Å². The third-order valence-electron chi connectivity index (χ3n) is 16.5. The van der Waals surface area contributed by atoms with Gasteiger partial charge in [-0.25, -0.2) is 9.13 Å². The van der Waals surface area contributed by atoms with Crippen LogP contribution in [0.2, 0.25) is 0 Å². The Hall–Kier alpha value is -1.94. The minimum Gasteiger partial charge on any atom is -0.462 e. The van der Waals surface area contributed by atoms with Gasteiger partial charge in [0.05, 0.1) is 26.4 Å². The fourth-order valence-corrected chi connectivity index (χ4v) is 12.4. The summed E-state index contributed by atoms with van der Waals surface area (Å²) in [5, 5.41) is 10.6. The highest BCUT2D eigenvalue weighted by Gasteiger charge is 2.30. The van der Waals surface area contributed by atoms with E-state index < -0.39 is 97.5 Å². The summed E-state index contributed by atoms with van der Waals surface area (Å²) in [6.07, 6.45) is 51.4. The van der Waals surface area contributed by atoms with E-state index in [0.717, 1.165) is 95.8 Å². The summed E-state index contributed by atoms with van der Waals surface area (Å²) in [5.74, 6) is -1.30. The molecule has 90 heavy (non-hydrogen) atoms. The van der Waals surface area contributed by atoms with Crippen LogP contribution >= 0.6 is 15.6 Å². The van der Waals surface area contributed by atoms with Gasteiger partial charge in [0.15, 0.2) is 12.2 Å². The number of hydrogen-bond acceptors (Lipinski definition) is 15. The molecule has 0 aliphatic rings. The number of hydrogen-bond donors (Lipinski definition) is 3. The third-order valence-corrected chi connectivity index (χ3v) is 18.4. The first-order valence-electron chi connectivity index (χ1n) is 37.1. The first kappa shape index (κ1) is 88.1. The average molecular weight is 1330 g/mol. The number of unbranched alkanes of at least 4 members (excludes halogenated alkanes) is 43. The summed E-state index contributed by atoms with van der Waals surface area (Å²) in [7, 11) is -9.89. The maximum Gasteiger partial charge on any atom is 0.472 e. The molecule has 0 aliphatic carbocycles. The summed E-state index contributed by atoms with van der Waals surface area (Å²) < 4.78 is 68.2. The van der Waals surface area contributed by atoms with E-state index in [-0.39, 0.29) is 25.7 Å². The number of esters is 4.